The molecule has 0 aliphatic carbocycles. The van der Waals surface area contributed by atoms with Crippen LogP contribution in [0.2, 0.25) is 0 Å². The van der Waals surface area contributed by atoms with Gasteiger partial charge in [0.15, 0.2) is 0 Å². The number of hydrogen-bond acceptors (Lipinski definition) is 9. The number of likely N-dealkylation sites (N-methyl/N-ethyl adjacent to an activating group) is 1. The molecule has 1 fully saturated rings. The van der Waals surface area contributed by atoms with E-state index >= 15 is 0 Å². The first-order valence-electron chi connectivity index (χ1n) is 12.0. The summed E-state index contributed by atoms with van der Waals surface area (Å²) in [4.78, 5) is 64.7. The Labute approximate surface area is 222 Å². The van der Waals surface area contributed by atoms with Gasteiger partial charge in [-0.15, -0.1) is 0 Å². The number of urea groups is 1. The third kappa shape index (κ3) is 5.43. The number of imide groups is 1. The summed E-state index contributed by atoms with van der Waals surface area (Å²) in [5.41, 5.74) is 6.12. The van der Waals surface area contributed by atoms with Gasteiger partial charge >= 0.3 is 30.9 Å². The van der Waals surface area contributed by atoms with Gasteiger partial charge in [-0.1, -0.05) is 18.2 Å². The lowest BCUT2D eigenvalue weighted by molar-refractivity contribution is -0.153. The topological polar surface area (TPSA) is 212 Å². The number of nitrogens with two attached hydrogens (primary N) is 1. The summed E-state index contributed by atoms with van der Waals surface area (Å²) in [5, 5.41) is 34.7. The number of benzene rings is 2. The van der Waals surface area contributed by atoms with Crippen molar-refractivity contribution in [2.24, 2.45) is 0 Å². The summed E-state index contributed by atoms with van der Waals surface area (Å²) in [6.45, 7) is 2.02. The van der Waals surface area contributed by atoms with Crippen molar-refractivity contribution in [1.82, 2.24) is 20.4 Å². The van der Waals surface area contributed by atoms with Gasteiger partial charge in [0.25, 0.3) is 0 Å². The fourth-order valence-corrected chi connectivity index (χ4v) is 4.41. The zero-order valence-electron chi connectivity index (χ0n) is 20.8. The van der Waals surface area contributed by atoms with Crippen LogP contribution >= 0.6 is 0 Å². The number of carbonyl (C=O) groups is 5. The molecule has 7 N–H and O–H groups in total. The van der Waals surface area contributed by atoms with E-state index in [-0.39, 0.29) is 47.8 Å². The van der Waals surface area contributed by atoms with E-state index in [1.54, 1.807) is 13.0 Å². The molecule has 1 saturated heterocycles. The predicted molar refractivity (Wildman–Crippen MR) is 135 cm³/mol. The van der Waals surface area contributed by atoms with Crippen molar-refractivity contribution in [3.05, 3.63) is 53.1 Å². The Morgan fingerprint density at radius 1 is 1.18 bits per heavy atom. The average molecular weight is 539 g/mol. The molecule has 2 atom stereocenters. The number of fused-ring (bicyclic) bond motifs is 1. The van der Waals surface area contributed by atoms with Gasteiger partial charge in [0.2, 0.25) is 5.91 Å². The fourth-order valence-electron chi connectivity index (χ4n) is 4.41. The number of carboxylic acid groups (broad SMARTS) is 1. The van der Waals surface area contributed by atoms with Crippen molar-refractivity contribution < 1.29 is 43.9 Å². The van der Waals surface area contributed by atoms with Crippen LogP contribution in [0.4, 0.5) is 10.5 Å². The molecule has 0 bridgehead atoms. The molecule has 0 spiro atoms. The van der Waals surface area contributed by atoms with Gasteiger partial charge in [0, 0.05) is 19.6 Å². The highest BCUT2D eigenvalue weighted by molar-refractivity contribution is 6.47. The van der Waals surface area contributed by atoms with E-state index in [9.17, 15) is 39.2 Å². The maximum absolute atomic E-state index is 13.4. The number of amides is 5. The van der Waals surface area contributed by atoms with E-state index in [4.69, 9.17) is 10.4 Å². The largest absolute Gasteiger partial charge is 0.547 e. The summed E-state index contributed by atoms with van der Waals surface area (Å²) >= 11 is 0. The maximum Gasteiger partial charge on any atom is 0.547 e. The first-order valence-corrected chi connectivity index (χ1v) is 12.0. The standard InChI is InChI=1S/C24H26BN5O9/c1-2-29-8-9-30(22(34)21(29)33)24(37)28-18(12-6-7-16(31)15(26)10-12)20(32)27-17-11-13-4-3-5-14(23(35)36)19(13)39-25(17)38/h3-7,10,17-18,31,38H,2,8-9,11,26H2,1H3,(H,27,32)(H,28,37)(H,35,36)/t17-,18?/m0/s1. The monoisotopic (exact) mass is 539 g/mol. The average Bonchev–Trinajstić information content (AvgIpc) is 2.90. The minimum Gasteiger partial charge on any atom is -0.534 e. The van der Waals surface area contributed by atoms with Gasteiger partial charge in [-0.05, 0) is 42.7 Å². The lowest BCUT2D eigenvalue weighted by Gasteiger charge is -2.33. The van der Waals surface area contributed by atoms with Crippen LogP contribution in [-0.4, -0.2) is 87.5 Å². The number of carboxylic acids is 1. The van der Waals surface area contributed by atoms with Crippen LogP contribution in [0.3, 0.4) is 0 Å². The van der Waals surface area contributed by atoms with Crippen LogP contribution in [0.15, 0.2) is 36.4 Å². The number of phenolic OH excluding ortho intramolecular Hbond substituents is 1. The van der Waals surface area contributed by atoms with Crippen molar-refractivity contribution in [1.29, 1.82) is 0 Å². The first-order chi connectivity index (χ1) is 18.5. The minimum atomic E-state index is -1.62. The highest BCUT2D eigenvalue weighted by atomic mass is 16.5. The van der Waals surface area contributed by atoms with Crippen LogP contribution < -0.4 is 21.0 Å². The molecule has 2 heterocycles. The van der Waals surface area contributed by atoms with Gasteiger partial charge in [-0.3, -0.25) is 19.3 Å². The number of aromatic carboxylic acids is 1. The molecule has 2 aliphatic heterocycles. The van der Waals surface area contributed by atoms with E-state index in [1.807, 2.05) is 0 Å². The predicted octanol–water partition coefficient (Wildman–Crippen LogP) is -0.746. The van der Waals surface area contributed by atoms with Gasteiger partial charge in [0.1, 0.15) is 17.5 Å². The van der Waals surface area contributed by atoms with Crippen molar-refractivity contribution in [2.45, 2.75) is 25.3 Å². The number of anilines is 1. The smallest absolute Gasteiger partial charge is 0.534 e. The van der Waals surface area contributed by atoms with Crippen molar-refractivity contribution in [3.8, 4) is 11.5 Å². The second-order valence-corrected chi connectivity index (χ2v) is 8.97. The molecule has 2 aliphatic rings. The lowest BCUT2D eigenvalue weighted by atomic mass is 9.72. The Morgan fingerprint density at radius 3 is 2.59 bits per heavy atom. The Balaban J connectivity index is 1.57. The van der Waals surface area contributed by atoms with Crippen molar-refractivity contribution in [3.63, 3.8) is 0 Å². The molecule has 5 amide bonds. The number of para-hydroxylation sites is 1. The zero-order chi connectivity index (χ0) is 28.4. The van der Waals surface area contributed by atoms with E-state index in [1.165, 1.54) is 35.2 Å². The number of aromatic hydroxyl groups is 1. The van der Waals surface area contributed by atoms with Crippen molar-refractivity contribution in [2.75, 3.05) is 25.4 Å². The van der Waals surface area contributed by atoms with Crippen LogP contribution in [-0.2, 0) is 20.8 Å². The molecule has 2 aromatic rings. The van der Waals surface area contributed by atoms with E-state index < -0.39 is 48.8 Å². The highest BCUT2D eigenvalue weighted by Gasteiger charge is 2.41. The molecule has 1 unspecified atom stereocenters. The first kappa shape index (κ1) is 27.3. The quantitative estimate of drug-likeness (QED) is 0.117. The van der Waals surface area contributed by atoms with Gasteiger partial charge < -0.3 is 41.2 Å². The maximum atomic E-state index is 13.4. The summed E-state index contributed by atoms with van der Waals surface area (Å²) < 4.78 is 5.41. The number of nitrogens with zero attached hydrogens (tertiary/aromatic N) is 2. The normalized spacial score (nSPS) is 17.7. The Kier molecular flexibility index (Phi) is 7.62. The number of nitrogens with one attached hydrogen (secondary N) is 2. The Hall–Kier alpha value is -4.79. The number of rotatable bonds is 6. The van der Waals surface area contributed by atoms with Crippen LogP contribution in [0.5, 0.6) is 11.5 Å². The molecule has 0 radical (unpaired) electrons. The Bertz CT molecular complexity index is 1350. The third-order valence-electron chi connectivity index (χ3n) is 6.53. The third-order valence-corrected chi connectivity index (χ3v) is 6.53. The number of piperazine rings is 1. The second kappa shape index (κ2) is 10.9. The zero-order valence-corrected chi connectivity index (χ0v) is 20.8. The number of carbonyl (C=O) groups excluding carboxylic acids is 4. The lowest BCUT2D eigenvalue weighted by Crippen LogP contribution is -2.60. The SMILES string of the molecule is CCN1CCN(C(=O)NC(C(=O)N[C@H]2Cc3cccc(C(=O)O)c3OB2O)c2ccc(O)c(N)c2)C(=O)C1=O. The molecular formula is C24H26BN5O9. The van der Waals surface area contributed by atoms with E-state index in [0.29, 0.717) is 17.0 Å². The Morgan fingerprint density at radius 2 is 1.92 bits per heavy atom. The number of hydrogen-bond donors (Lipinski definition) is 6. The molecule has 0 saturated carbocycles. The highest BCUT2D eigenvalue weighted by Crippen LogP contribution is 2.31. The van der Waals surface area contributed by atoms with E-state index in [2.05, 4.69) is 10.6 Å². The molecule has 2 aromatic carbocycles. The molecule has 39 heavy (non-hydrogen) atoms. The van der Waals surface area contributed by atoms with Gasteiger partial charge in [-0.25, -0.2) is 9.59 Å². The molecular weight excluding hydrogens is 513 g/mol. The van der Waals surface area contributed by atoms with Crippen LogP contribution in [0, 0.1) is 0 Å². The van der Waals surface area contributed by atoms with Gasteiger partial charge in [-0.2, -0.15) is 0 Å². The number of phenols is 1. The van der Waals surface area contributed by atoms with Gasteiger partial charge in [0.05, 0.1) is 17.2 Å². The molecule has 4 rings (SSSR count). The fraction of sp³-hybridized carbons (Fsp3) is 0.292. The molecule has 204 valence electrons. The van der Waals surface area contributed by atoms with Crippen LogP contribution in [0.25, 0.3) is 0 Å². The summed E-state index contributed by atoms with van der Waals surface area (Å²) in [7, 11) is -1.62. The van der Waals surface area contributed by atoms with Crippen molar-refractivity contribution >= 4 is 42.5 Å². The second-order valence-electron chi connectivity index (χ2n) is 8.97. The summed E-state index contributed by atoms with van der Waals surface area (Å²) in [6, 6.07) is 5.74. The van der Waals surface area contributed by atoms with E-state index in [0.717, 1.165) is 0 Å². The summed E-state index contributed by atoms with van der Waals surface area (Å²) in [5.74, 6) is -5.30. The van der Waals surface area contributed by atoms with Crippen LogP contribution in [0.1, 0.15) is 34.5 Å². The summed E-state index contributed by atoms with van der Waals surface area (Å²) in [6.07, 6.45) is 0.00765. The number of nitrogen functional groups attached to an aromatic ring is 1. The molecule has 0 aromatic heterocycles. The molecule has 15 heteroatoms. The molecule has 14 nitrogen and oxygen atoms in total. The minimum absolute atomic E-state index is 0.00765.